The molecule has 1 spiro atoms. The summed E-state index contributed by atoms with van der Waals surface area (Å²) in [5.41, 5.74) is -0.0816. The molecule has 1 aliphatic carbocycles. The molecule has 1 aliphatic heterocycles. The molecule has 1 N–H and O–H groups in total. The Hall–Kier alpha value is -2.05. The lowest BCUT2D eigenvalue weighted by atomic mass is 9.90. The van der Waals surface area contributed by atoms with Gasteiger partial charge in [-0.05, 0) is 29.8 Å². The van der Waals surface area contributed by atoms with E-state index >= 15 is 0 Å². The van der Waals surface area contributed by atoms with Gasteiger partial charge in [-0.1, -0.05) is 0 Å². The van der Waals surface area contributed by atoms with Gasteiger partial charge >= 0.3 is 5.97 Å². The van der Waals surface area contributed by atoms with Crippen LogP contribution in [0, 0.1) is 11.3 Å². The maximum Gasteiger partial charge on any atom is 0.307 e. The number of nitrogens with zero attached hydrogens (tertiary/aromatic N) is 2. The molecule has 1 aromatic rings. The number of hydrogen-bond acceptors (Lipinski definition) is 5. The van der Waals surface area contributed by atoms with Crippen molar-refractivity contribution in [3.8, 4) is 5.88 Å². The van der Waals surface area contributed by atoms with Gasteiger partial charge in [0.05, 0.1) is 19.1 Å². The van der Waals surface area contributed by atoms with Crippen molar-refractivity contribution < 1.29 is 24.0 Å². The van der Waals surface area contributed by atoms with E-state index < -0.39 is 5.97 Å². The van der Waals surface area contributed by atoms with E-state index in [0.29, 0.717) is 13.1 Å². The Bertz CT molecular complexity index is 545. The summed E-state index contributed by atoms with van der Waals surface area (Å²) in [5, 5.41) is 12.6. The fourth-order valence-corrected chi connectivity index (χ4v) is 3.02. The van der Waals surface area contributed by atoms with Crippen LogP contribution in [0.5, 0.6) is 5.88 Å². The highest BCUT2D eigenvalue weighted by Gasteiger charge is 2.59. The van der Waals surface area contributed by atoms with Crippen LogP contribution in [-0.2, 0) is 4.79 Å². The molecule has 1 atom stereocenters. The van der Waals surface area contributed by atoms with E-state index in [1.165, 1.54) is 13.2 Å². The highest BCUT2D eigenvalue weighted by molar-refractivity contribution is 5.91. The van der Waals surface area contributed by atoms with Crippen molar-refractivity contribution in [2.45, 2.75) is 19.3 Å². The standard InChI is InChI=1S/C13H16N2O5/c1-19-10-6-9(20-14-10)11(16)15-4-2-13(3-5-15)7-8(13)12(17)18/h6,8H,2-5,7H2,1H3,(H,17,18). The highest BCUT2D eigenvalue weighted by atomic mass is 16.5. The monoisotopic (exact) mass is 280 g/mol. The molecular weight excluding hydrogens is 264 g/mol. The van der Waals surface area contributed by atoms with Crippen LogP contribution >= 0.6 is 0 Å². The first-order valence-corrected chi connectivity index (χ1v) is 6.58. The number of carbonyl (C=O) groups excluding carboxylic acids is 1. The Morgan fingerprint density at radius 3 is 2.70 bits per heavy atom. The first kappa shape index (κ1) is 13.0. The van der Waals surface area contributed by atoms with Gasteiger partial charge in [0, 0.05) is 13.1 Å². The normalized spacial score (nSPS) is 23.6. The lowest BCUT2D eigenvalue weighted by molar-refractivity contribution is -0.139. The molecule has 1 saturated carbocycles. The molecule has 20 heavy (non-hydrogen) atoms. The largest absolute Gasteiger partial charge is 0.481 e. The number of amides is 1. The summed E-state index contributed by atoms with van der Waals surface area (Å²) in [6.07, 6.45) is 2.21. The van der Waals surface area contributed by atoms with E-state index in [9.17, 15) is 9.59 Å². The van der Waals surface area contributed by atoms with Crippen molar-refractivity contribution in [1.82, 2.24) is 10.1 Å². The lowest BCUT2D eigenvalue weighted by Gasteiger charge is -2.31. The molecule has 1 amide bonds. The quantitative estimate of drug-likeness (QED) is 0.888. The maximum absolute atomic E-state index is 12.2. The summed E-state index contributed by atoms with van der Waals surface area (Å²) in [6.45, 7) is 1.12. The van der Waals surface area contributed by atoms with Crippen LogP contribution in [0.1, 0.15) is 29.8 Å². The first-order valence-electron chi connectivity index (χ1n) is 6.58. The van der Waals surface area contributed by atoms with Gasteiger partial charge < -0.3 is 19.3 Å². The second kappa shape index (κ2) is 4.50. The van der Waals surface area contributed by atoms with E-state index in [1.807, 2.05) is 0 Å². The van der Waals surface area contributed by atoms with Crippen LogP contribution < -0.4 is 4.74 Å². The summed E-state index contributed by atoms with van der Waals surface area (Å²) in [6, 6.07) is 1.46. The van der Waals surface area contributed by atoms with Crippen LogP contribution in [-0.4, -0.2) is 47.2 Å². The molecule has 1 saturated heterocycles. The molecule has 0 bridgehead atoms. The molecule has 7 heteroatoms. The second-order valence-electron chi connectivity index (χ2n) is 5.48. The predicted molar refractivity (Wildman–Crippen MR) is 66.4 cm³/mol. The fourth-order valence-electron chi connectivity index (χ4n) is 3.02. The number of carboxylic acids is 1. The molecule has 0 aromatic carbocycles. The minimum atomic E-state index is -0.718. The maximum atomic E-state index is 12.2. The van der Waals surface area contributed by atoms with Crippen LogP contribution in [0.25, 0.3) is 0 Å². The smallest absolute Gasteiger partial charge is 0.307 e. The molecule has 0 radical (unpaired) electrons. The van der Waals surface area contributed by atoms with Crippen molar-refractivity contribution in [2.75, 3.05) is 20.2 Å². The van der Waals surface area contributed by atoms with Crippen LogP contribution in [0.4, 0.5) is 0 Å². The van der Waals surface area contributed by atoms with Crippen LogP contribution in [0.3, 0.4) is 0 Å². The summed E-state index contributed by atoms with van der Waals surface area (Å²) in [7, 11) is 1.45. The van der Waals surface area contributed by atoms with Gasteiger partial charge in [-0.25, -0.2) is 0 Å². The third-order valence-electron chi connectivity index (χ3n) is 4.44. The van der Waals surface area contributed by atoms with E-state index in [4.69, 9.17) is 14.4 Å². The van der Waals surface area contributed by atoms with Crippen molar-refractivity contribution in [3.63, 3.8) is 0 Å². The topological polar surface area (TPSA) is 92.9 Å². The van der Waals surface area contributed by atoms with Crippen molar-refractivity contribution in [2.24, 2.45) is 11.3 Å². The Balaban J connectivity index is 1.61. The number of aromatic nitrogens is 1. The minimum Gasteiger partial charge on any atom is -0.481 e. The van der Waals surface area contributed by atoms with Crippen molar-refractivity contribution in [1.29, 1.82) is 0 Å². The second-order valence-corrected chi connectivity index (χ2v) is 5.48. The molecule has 1 aromatic heterocycles. The van der Waals surface area contributed by atoms with Gasteiger partial charge in [0.15, 0.2) is 0 Å². The van der Waals surface area contributed by atoms with Gasteiger partial charge in [-0.15, -0.1) is 0 Å². The number of hydrogen-bond donors (Lipinski definition) is 1. The van der Waals surface area contributed by atoms with Gasteiger partial charge in [0.25, 0.3) is 11.8 Å². The predicted octanol–water partition coefficient (Wildman–Crippen LogP) is 1.01. The van der Waals surface area contributed by atoms with Crippen molar-refractivity contribution >= 4 is 11.9 Å². The molecule has 1 unspecified atom stereocenters. The molecule has 3 rings (SSSR count). The average molecular weight is 280 g/mol. The number of carbonyl (C=O) groups is 2. The molecule has 108 valence electrons. The van der Waals surface area contributed by atoms with Crippen LogP contribution in [0.2, 0.25) is 0 Å². The van der Waals surface area contributed by atoms with Gasteiger partial charge in [0.1, 0.15) is 0 Å². The number of ether oxygens (including phenoxy) is 1. The summed E-state index contributed by atoms with van der Waals surface area (Å²) in [4.78, 5) is 24.9. The van der Waals surface area contributed by atoms with E-state index in [0.717, 1.165) is 19.3 Å². The number of likely N-dealkylation sites (tertiary alicyclic amines) is 1. The average Bonchev–Trinajstić information content (AvgIpc) is 2.95. The Labute approximate surface area is 115 Å². The molecule has 2 fully saturated rings. The van der Waals surface area contributed by atoms with E-state index in [2.05, 4.69) is 5.16 Å². The number of carboxylic acid groups (broad SMARTS) is 1. The van der Waals surface area contributed by atoms with E-state index in [1.54, 1.807) is 4.90 Å². The summed E-state index contributed by atoms with van der Waals surface area (Å²) in [5.74, 6) is -0.739. The van der Waals surface area contributed by atoms with Crippen LogP contribution in [0.15, 0.2) is 10.6 Å². The number of methoxy groups -OCH3 is 1. The lowest BCUT2D eigenvalue weighted by Crippen LogP contribution is -2.39. The third-order valence-corrected chi connectivity index (χ3v) is 4.44. The zero-order chi connectivity index (χ0) is 14.3. The minimum absolute atomic E-state index is 0.0816. The summed E-state index contributed by atoms with van der Waals surface area (Å²) < 4.78 is 9.81. The van der Waals surface area contributed by atoms with Gasteiger partial charge in [-0.2, -0.15) is 0 Å². The zero-order valence-electron chi connectivity index (χ0n) is 11.2. The molecule has 2 heterocycles. The molecular formula is C13H16N2O5. The van der Waals surface area contributed by atoms with E-state index in [-0.39, 0.29) is 28.9 Å². The molecule has 7 nitrogen and oxygen atoms in total. The number of piperidine rings is 1. The summed E-state index contributed by atoms with van der Waals surface area (Å²) >= 11 is 0. The number of rotatable bonds is 3. The Morgan fingerprint density at radius 1 is 1.50 bits per heavy atom. The first-order chi connectivity index (χ1) is 9.55. The Morgan fingerprint density at radius 2 is 2.20 bits per heavy atom. The SMILES string of the molecule is COc1cc(C(=O)N2CCC3(CC2)CC3C(=O)O)on1. The third kappa shape index (κ3) is 2.03. The van der Waals surface area contributed by atoms with Gasteiger partial charge in [-0.3, -0.25) is 9.59 Å². The molecule has 2 aliphatic rings. The highest BCUT2D eigenvalue weighted by Crippen LogP contribution is 2.59. The fraction of sp³-hybridized carbons (Fsp3) is 0.615. The van der Waals surface area contributed by atoms with Crippen molar-refractivity contribution in [3.05, 3.63) is 11.8 Å². The number of aliphatic carboxylic acids is 1. The van der Waals surface area contributed by atoms with Gasteiger partial charge in [0.2, 0.25) is 5.76 Å². The Kier molecular flexibility index (Phi) is 2.92. The zero-order valence-corrected chi connectivity index (χ0v) is 11.2.